The van der Waals surface area contributed by atoms with Crippen molar-refractivity contribution < 1.29 is 14.6 Å². The first kappa shape index (κ1) is 14.5. The molecule has 0 saturated heterocycles. The standard InChI is InChI=1S/C14H18BrNO3/c1-2-19-13(17)10-5-7-14(18,8-6-10)12-4-3-11(15)9-16-12/h3-4,9-10,18H,2,5-8H2,1H3/t10-,14-. The van der Waals surface area contributed by atoms with Gasteiger partial charge in [-0.2, -0.15) is 0 Å². The molecule has 5 heteroatoms. The van der Waals surface area contributed by atoms with Crippen LogP contribution in [0.2, 0.25) is 0 Å². The smallest absolute Gasteiger partial charge is 0.308 e. The van der Waals surface area contributed by atoms with E-state index < -0.39 is 5.60 Å². The van der Waals surface area contributed by atoms with Crippen LogP contribution < -0.4 is 0 Å². The first-order chi connectivity index (χ1) is 9.05. The van der Waals surface area contributed by atoms with Crippen LogP contribution in [-0.4, -0.2) is 22.7 Å². The van der Waals surface area contributed by atoms with E-state index in [4.69, 9.17) is 4.74 Å². The number of halogens is 1. The van der Waals surface area contributed by atoms with Crippen molar-refractivity contribution in [3.63, 3.8) is 0 Å². The number of aromatic nitrogens is 1. The van der Waals surface area contributed by atoms with Crippen molar-refractivity contribution in [3.05, 3.63) is 28.5 Å². The predicted molar refractivity (Wildman–Crippen MR) is 74.4 cm³/mol. The van der Waals surface area contributed by atoms with Gasteiger partial charge in [0.2, 0.25) is 0 Å². The molecule has 0 aliphatic heterocycles. The summed E-state index contributed by atoms with van der Waals surface area (Å²) in [4.78, 5) is 15.9. The molecular weight excluding hydrogens is 310 g/mol. The maximum atomic E-state index is 11.7. The molecule has 1 aromatic rings. The van der Waals surface area contributed by atoms with Crippen LogP contribution in [0.1, 0.15) is 38.3 Å². The number of carbonyl (C=O) groups is 1. The van der Waals surface area contributed by atoms with Crippen molar-refractivity contribution in [3.8, 4) is 0 Å². The van der Waals surface area contributed by atoms with Gasteiger partial charge < -0.3 is 9.84 Å². The molecule has 1 aliphatic rings. The molecular formula is C14H18BrNO3. The van der Waals surface area contributed by atoms with Crippen LogP contribution in [0.25, 0.3) is 0 Å². The highest BCUT2D eigenvalue weighted by Gasteiger charge is 2.38. The summed E-state index contributed by atoms with van der Waals surface area (Å²) < 4.78 is 5.92. The molecule has 2 rings (SSSR count). The number of hydrogen-bond acceptors (Lipinski definition) is 4. The molecule has 1 fully saturated rings. The molecule has 0 spiro atoms. The lowest BCUT2D eigenvalue weighted by atomic mass is 9.77. The zero-order chi connectivity index (χ0) is 13.9. The van der Waals surface area contributed by atoms with E-state index in [-0.39, 0.29) is 11.9 Å². The number of hydrogen-bond donors (Lipinski definition) is 1. The van der Waals surface area contributed by atoms with Crippen molar-refractivity contribution in [2.24, 2.45) is 5.92 Å². The molecule has 0 bridgehead atoms. The summed E-state index contributed by atoms with van der Waals surface area (Å²) in [6, 6.07) is 3.70. The molecule has 0 amide bonds. The van der Waals surface area contributed by atoms with Crippen LogP contribution in [0.4, 0.5) is 0 Å². The highest BCUT2D eigenvalue weighted by molar-refractivity contribution is 9.10. The highest BCUT2D eigenvalue weighted by atomic mass is 79.9. The monoisotopic (exact) mass is 327 g/mol. The number of rotatable bonds is 3. The third-order valence-electron chi connectivity index (χ3n) is 3.64. The normalized spacial score (nSPS) is 27.0. The number of pyridine rings is 1. The van der Waals surface area contributed by atoms with Crippen molar-refractivity contribution in [2.45, 2.75) is 38.2 Å². The summed E-state index contributed by atoms with van der Waals surface area (Å²) in [7, 11) is 0. The molecule has 0 atom stereocenters. The van der Waals surface area contributed by atoms with E-state index in [1.165, 1.54) is 0 Å². The van der Waals surface area contributed by atoms with Gasteiger partial charge in [-0.1, -0.05) is 0 Å². The Morgan fingerprint density at radius 1 is 1.53 bits per heavy atom. The minimum Gasteiger partial charge on any atom is -0.466 e. The summed E-state index contributed by atoms with van der Waals surface area (Å²) >= 11 is 3.33. The molecule has 4 nitrogen and oxygen atoms in total. The largest absolute Gasteiger partial charge is 0.466 e. The number of nitrogens with zero attached hydrogens (tertiary/aromatic N) is 1. The van der Waals surface area contributed by atoms with E-state index in [1.54, 1.807) is 6.20 Å². The Labute approximate surface area is 121 Å². The maximum Gasteiger partial charge on any atom is 0.308 e. The minimum atomic E-state index is -0.913. The number of ether oxygens (including phenoxy) is 1. The van der Waals surface area contributed by atoms with Gasteiger partial charge in [0.15, 0.2) is 0 Å². The van der Waals surface area contributed by atoms with Crippen LogP contribution in [-0.2, 0) is 15.1 Å². The Morgan fingerprint density at radius 2 is 2.21 bits per heavy atom. The van der Waals surface area contributed by atoms with E-state index in [1.807, 2.05) is 19.1 Å². The van der Waals surface area contributed by atoms with Crippen molar-refractivity contribution in [1.29, 1.82) is 0 Å². The summed E-state index contributed by atoms with van der Waals surface area (Å²) in [6.07, 6.45) is 4.07. The summed E-state index contributed by atoms with van der Waals surface area (Å²) in [5.74, 6) is -0.232. The van der Waals surface area contributed by atoms with Crippen LogP contribution >= 0.6 is 15.9 Å². The first-order valence-electron chi connectivity index (χ1n) is 6.56. The molecule has 104 valence electrons. The third kappa shape index (κ3) is 3.34. The molecule has 1 aromatic heterocycles. The van der Waals surface area contributed by atoms with Gasteiger partial charge >= 0.3 is 5.97 Å². The van der Waals surface area contributed by atoms with Crippen molar-refractivity contribution in [1.82, 2.24) is 4.98 Å². The Balaban J connectivity index is 2.01. The van der Waals surface area contributed by atoms with Gasteiger partial charge in [0.25, 0.3) is 0 Å². The van der Waals surface area contributed by atoms with Crippen LogP contribution in [0.15, 0.2) is 22.8 Å². The molecule has 1 aliphatic carbocycles. The van der Waals surface area contributed by atoms with E-state index in [9.17, 15) is 9.90 Å². The number of esters is 1. The Hall–Kier alpha value is -0.940. The molecule has 1 heterocycles. The fourth-order valence-electron chi connectivity index (χ4n) is 2.50. The SMILES string of the molecule is CCOC(=O)[C@H]1CC[C@@](O)(c2ccc(Br)cn2)CC1. The second-order valence-corrected chi connectivity index (χ2v) is 5.84. The second-order valence-electron chi connectivity index (χ2n) is 4.92. The number of aliphatic hydroxyl groups is 1. The Kier molecular flexibility index (Phi) is 4.58. The molecule has 0 radical (unpaired) electrons. The van der Waals surface area contributed by atoms with E-state index in [2.05, 4.69) is 20.9 Å². The summed E-state index contributed by atoms with van der Waals surface area (Å²) in [5.41, 5.74) is -0.234. The molecule has 19 heavy (non-hydrogen) atoms. The van der Waals surface area contributed by atoms with Gasteiger partial charge in [0.1, 0.15) is 5.60 Å². The van der Waals surface area contributed by atoms with Gasteiger partial charge in [-0.3, -0.25) is 9.78 Å². The van der Waals surface area contributed by atoms with Gasteiger partial charge in [-0.25, -0.2) is 0 Å². The third-order valence-corrected chi connectivity index (χ3v) is 4.11. The molecule has 0 aromatic carbocycles. The average molecular weight is 328 g/mol. The zero-order valence-corrected chi connectivity index (χ0v) is 12.5. The predicted octanol–water partition coefficient (Wildman–Crippen LogP) is 2.79. The number of carbonyl (C=O) groups excluding carboxylic acids is 1. The second kappa shape index (κ2) is 6.01. The lowest BCUT2D eigenvalue weighted by Gasteiger charge is -2.34. The van der Waals surface area contributed by atoms with Gasteiger partial charge in [0, 0.05) is 10.7 Å². The minimum absolute atomic E-state index is 0.0873. The van der Waals surface area contributed by atoms with E-state index in [0.717, 1.165) is 4.47 Å². The maximum absolute atomic E-state index is 11.7. The van der Waals surface area contributed by atoms with Gasteiger partial charge in [-0.05, 0) is 60.7 Å². The molecule has 1 saturated carbocycles. The van der Waals surface area contributed by atoms with E-state index >= 15 is 0 Å². The van der Waals surface area contributed by atoms with Crippen molar-refractivity contribution >= 4 is 21.9 Å². The highest BCUT2D eigenvalue weighted by Crippen LogP contribution is 2.39. The fourth-order valence-corrected chi connectivity index (χ4v) is 2.73. The zero-order valence-electron chi connectivity index (χ0n) is 10.9. The Morgan fingerprint density at radius 3 is 2.74 bits per heavy atom. The topological polar surface area (TPSA) is 59.4 Å². The van der Waals surface area contributed by atoms with Crippen molar-refractivity contribution in [2.75, 3.05) is 6.61 Å². The van der Waals surface area contributed by atoms with Crippen LogP contribution in [0, 0.1) is 5.92 Å². The van der Waals surface area contributed by atoms with Crippen LogP contribution in [0.3, 0.4) is 0 Å². The molecule has 1 N–H and O–H groups in total. The lowest BCUT2D eigenvalue weighted by molar-refractivity contribution is -0.151. The Bertz CT molecular complexity index is 439. The average Bonchev–Trinajstić information content (AvgIpc) is 2.40. The van der Waals surface area contributed by atoms with E-state index in [0.29, 0.717) is 38.0 Å². The van der Waals surface area contributed by atoms with Crippen LogP contribution in [0.5, 0.6) is 0 Å². The summed E-state index contributed by atoms with van der Waals surface area (Å²) in [6.45, 7) is 2.22. The van der Waals surface area contributed by atoms with Gasteiger partial charge in [-0.15, -0.1) is 0 Å². The fraction of sp³-hybridized carbons (Fsp3) is 0.571. The molecule has 0 unspecified atom stereocenters. The first-order valence-corrected chi connectivity index (χ1v) is 7.35. The van der Waals surface area contributed by atoms with Gasteiger partial charge in [0.05, 0.1) is 18.2 Å². The summed E-state index contributed by atoms with van der Waals surface area (Å²) in [5, 5.41) is 10.6. The quantitative estimate of drug-likeness (QED) is 0.867. The lowest BCUT2D eigenvalue weighted by Crippen LogP contribution is -2.35.